The third-order valence-corrected chi connectivity index (χ3v) is 9.68. The molecular weight excluding hydrogens is 576 g/mol. The van der Waals surface area contributed by atoms with Crippen LogP contribution in [0.4, 0.5) is 5.69 Å². The van der Waals surface area contributed by atoms with Gasteiger partial charge in [-0.2, -0.15) is 0 Å². The summed E-state index contributed by atoms with van der Waals surface area (Å²) < 4.78 is 5.68. The van der Waals surface area contributed by atoms with E-state index >= 15 is 0 Å². The lowest BCUT2D eigenvalue weighted by Crippen LogP contribution is -2.32. The molecule has 0 radical (unpaired) electrons. The first-order valence-corrected chi connectivity index (χ1v) is 15.1. The fourth-order valence-electron chi connectivity index (χ4n) is 6.89. The van der Waals surface area contributed by atoms with Crippen LogP contribution in [0.1, 0.15) is 45.2 Å². The molecule has 1 saturated carbocycles. The SMILES string of the molecule is Cc1ccc(C(=O)C(C)OC(=O)c2cc(-c3ccc(N4C(=O)C5C6C=CC(C6)C5C4=O)cc3)nc3c(C)c(Cl)ccc23)cc1. The number of halogens is 1. The molecule has 2 aliphatic carbocycles. The fraction of sp³-hybridized carbons (Fsp3) is 0.250. The first-order valence-electron chi connectivity index (χ1n) is 14.7. The molecule has 8 heteroatoms. The number of aryl methyl sites for hydroxylation is 2. The summed E-state index contributed by atoms with van der Waals surface area (Å²) in [7, 11) is 0. The van der Waals surface area contributed by atoms with Crippen molar-refractivity contribution in [3.63, 3.8) is 0 Å². The van der Waals surface area contributed by atoms with Gasteiger partial charge in [-0.25, -0.2) is 9.78 Å². The molecule has 1 saturated heterocycles. The molecule has 3 aromatic carbocycles. The number of anilines is 1. The van der Waals surface area contributed by atoms with Gasteiger partial charge in [0.15, 0.2) is 6.10 Å². The van der Waals surface area contributed by atoms with E-state index in [2.05, 4.69) is 12.2 Å². The molecule has 0 spiro atoms. The number of esters is 1. The normalized spacial score (nSPS) is 22.5. The van der Waals surface area contributed by atoms with Gasteiger partial charge in [0, 0.05) is 21.5 Å². The molecular formula is C36H29ClN2O5. The topological polar surface area (TPSA) is 93.6 Å². The van der Waals surface area contributed by atoms with E-state index in [9.17, 15) is 19.2 Å². The van der Waals surface area contributed by atoms with Crippen LogP contribution in [-0.2, 0) is 14.3 Å². The largest absolute Gasteiger partial charge is 0.451 e. The minimum atomic E-state index is -1.01. The fourth-order valence-corrected chi connectivity index (χ4v) is 7.04. The minimum absolute atomic E-state index is 0.135. The molecule has 2 bridgehead atoms. The molecule has 44 heavy (non-hydrogen) atoms. The highest BCUT2D eigenvalue weighted by Gasteiger charge is 2.59. The number of imide groups is 1. The number of ketones is 1. The molecule has 1 aliphatic heterocycles. The highest BCUT2D eigenvalue weighted by Crippen LogP contribution is 2.53. The van der Waals surface area contributed by atoms with E-state index in [-0.39, 0.29) is 46.8 Å². The average Bonchev–Trinajstić information content (AvgIpc) is 3.72. The lowest BCUT2D eigenvalue weighted by molar-refractivity contribution is -0.123. The summed E-state index contributed by atoms with van der Waals surface area (Å²) in [5.41, 5.74) is 4.63. The summed E-state index contributed by atoms with van der Waals surface area (Å²) in [6, 6.07) is 19.2. The van der Waals surface area contributed by atoms with Crippen LogP contribution in [0.15, 0.2) is 78.9 Å². The molecule has 5 atom stereocenters. The number of hydrogen-bond donors (Lipinski definition) is 0. The predicted molar refractivity (Wildman–Crippen MR) is 168 cm³/mol. The molecule has 4 aromatic rings. The Bertz CT molecular complexity index is 1880. The number of fused-ring (bicyclic) bond motifs is 6. The van der Waals surface area contributed by atoms with Crippen molar-refractivity contribution in [3.8, 4) is 11.3 Å². The van der Waals surface area contributed by atoms with Crippen molar-refractivity contribution in [1.82, 2.24) is 4.98 Å². The van der Waals surface area contributed by atoms with Gasteiger partial charge in [0.2, 0.25) is 17.6 Å². The summed E-state index contributed by atoms with van der Waals surface area (Å²) in [4.78, 5) is 59.3. The summed E-state index contributed by atoms with van der Waals surface area (Å²) in [5.74, 6) is -1.53. The molecule has 2 fully saturated rings. The Morgan fingerprint density at radius 3 is 2.18 bits per heavy atom. The number of nitrogens with zero attached hydrogens (tertiary/aromatic N) is 2. The Balaban J connectivity index is 1.20. The Morgan fingerprint density at radius 2 is 1.55 bits per heavy atom. The number of pyridine rings is 1. The lowest BCUT2D eigenvalue weighted by atomic mass is 9.85. The van der Waals surface area contributed by atoms with Crippen molar-refractivity contribution < 1.29 is 23.9 Å². The second kappa shape index (κ2) is 10.5. The van der Waals surface area contributed by atoms with Gasteiger partial charge >= 0.3 is 5.97 Å². The van der Waals surface area contributed by atoms with E-state index in [0.29, 0.717) is 44.0 Å². The van der Waals surface area contributed by atoms with Gasteiger partial charge in [0.25, 0.3) is 0 Å². The molecule has 7 rings (SSSR count). The van der Waals surface area contributed by atoms with Gasteiger partial charge in [-0.05, 0) is 68.9 Å². The van der Waals surface area contributed by atoms with Gasteiger partial charge in [0.1, 0.15) is 0 Å². The van der Waals surface area contributed by atoms with Crippen molar-refractivity contribution in [1.29, 1.82) is 0 Å². The number of allylic oxidation sites excluding steroid dienone is 2. The zero-order chi connectivity index (χ0) is 30.9. The van der Waals surface area contributed by atoms with Gasteiger partial charge in [0.05, 0.1) is 34.3 Å². The van der Waals surface area contributed by atoms with Crippen molar-refractivity contribution in [2.75, 3.05) is 4.90 Å². The first-order chi connectivity index (χ1) is 21.1. The smallest absolute Gasteiger partial charge is 0.339 e. The van der Waals surface area contributed by atoms with E-state index in [1.165, 1.54) is 4.90 Å². The number of hydrogen-bond acceptors (Lipinski definition) is 6. The number of rotatable bonds is 6. The number of benzene rings is 3. The Morgan fingerprint density at radius 1 is 0.909 bits per heavy atom. The van der Waals surface area contributed by atoms with E-state index in [1.54, 1.807) is 61.5 Å². The molecule has 0 N–H and O–H groups in total. The maximum Gasteiger partial charge on any atom is 0.339 e. The maximum atomic E-state index is 13.6. The molecule has 2 amide bonds. The highest BCUT2D eigenvalue weighted by molar-refractivity contribution is 6.32. The van der Waals surface area contributed by atoms with E-state index in [0.717, 1.165) is 12.0 Å². The third-order valence-electron chi connectivity index (χ3n) is 9.27. The number of carbonyl (C=O) groups is 4. The zero-order valence-electron chi connectivity index (χ0n) is 24.4. The standard InChI is InChI=1S/C36H29ClN2O5/c1-18-4-6-22(7-5-18)33(40)20(3)44-36(43)27-17-29(38-32-19(2)28(37)15-14-26(27)32)21-10-12-25(13-11-21)39-34(41)30-23-8-9-24(16-23)31(30)35(39)42/h4-15,17,20,23-24,30-31H,16H2,1-3H3. The summed E-state index contributed by atoms with van der Waals surface area (Å²) in [6.07, 6.45) is 4.01. The minimum Gasteiger partial charge on any atom is -0.451 e. The lowest BCUT2D eigenvalue weighted by Gasteiger charge is -2.18. The third kappa shape index (κ3) is 4.46. The van der Waals surface area contributed by atoms with Gasteiger partial charge in [-0.3, -0.25) is 19.3 Å². The number of aromatic nitrogens is 1. The van der Waals surface area contributed by atoms with Crippen LogP contribution in [-0.4, -0.2) is 34.7 Å². The van der Waals surface area contributed by atoms with Gasteiger partial charge < -0.3 is 4.74 Å². The van der Waals surface area contributed by atoms with Crippen LogP contribution < -0.4 is 4.90 Å². The zero-order valence-corrected chi connectivity index (χ0v) is 25.2. The van der Waals surface area contributed by atoms with Crippen LogP contribution in [0.25, 0.3) is 22.2 Å². The van der Waals surface area contributed by atoms with E-state index in [1.807, 2.05) is 26.0 Å². The number of amides is 2. The predicted octanol–water partition coefficient (Wildman–Crippen LogP) is 6.91. The van der Waals surface area contributed by atoms with Crippen LogP contribution in [0.2, 0.25) is 5.02 Å². The van der Waals surface area contributed by atoms with Crippen molar-refractivity contribution >= 4 is 51.8 Å². The van der Waals surface area contributed by atoms with Gasteiger partial charge in [-0.15, -0.1) is 0 Å². The second-order valence-corrected chi connectivity index (χ2v) is 12.4. The molecule has 2 heterocycles. The highest BCUT2D eigenvalue weighted by atomic mass is 35.5. The first kappa shape index (κ1) is 28.2. The molecule has 3 aliphatic rings. The summed E-state index contributed by atoms with van der Waals surface area (Å²) in [6.45, 7) is 5.32. The van der Waals surface area contributed by atoms with Crippen molar-refractivity contribution in [2.45, 2.75) is 33.3 Å². The Labute approximate surface area is 259 Å². The van der Waals surface area contributed by atoms with Crippen LogP contribution in [0.5, 0.6) is 0 Å². The van der Waals surface area contributed by atoms with Crippen molar-refractivity contribution in [2.24, 2.45) is 23.7 Å². The molecule has 220 valence electrons. The monoisotopic (exact) mass is 604 g/mol. The average molecular weight is 605 g/mol. The maximum absolute atomic E-state index is 13.6. The van der Waals surface area contributed by atoms with Crippen molar-refractivity contribution in [3.05, 3.63) is 106 Å². The quantitative estimate of drug-likeness (QED) is 0.103. The van der Waals surface area contributed by atoms with Gasteiger partial charge in [-0.1, -0.05) is 71.8 Å². The van der Waals surface area contributed by atoms with Crippen LogP contribution >= 0.6 is 11.6 Å². The van der Waals surface area contributed by atoms with E-state index in [4.69, 9.17) is 21.3 Å². The van der Waals surface area contributed by atoms with Crippen LogP contribution in [0, 0.1) is 37.5 Å². The number of carbonyl (C=O) groups excluding carboxylic acids is 4. The summed E-state index contributed by atoms with van der Waals surface area (Å²) in [5, 5.41) is 1.05. The summed E-state index contributed by atoms with van der Waals surface area (Å²) >= 11 is 6.43. The number of Topliss-reactive ketones (excluding diaryl/α,β-unsaturated/α-hetero) is 1. The Hall–Kier alpha value is -4.62. The number of ether oxygens (including phenoxy) is 1. The molecule has 5 unspecified atom stereocenters. The second-order valence-electron chi connectivity index (χ2n) is 12.0. The van der Waals surface area contributed by atoms with E-state index < -0.39 is 12.1 Å². The Kier molecular flexibility index (Phi) is 6.74. The molecule has 7 nitrogen and oxygen atoms in total. The van der Waals surface area contributed by atoms with Crippen LogP contribution in [0.3, 0.4) is 0 Å². The molecule has 1 aromatic heterocycles.